The monoisotopic (exact) mass is 210 g/mol. The number of rotatable bonds is 3. The van der Waals surface area contributed by atoms with Crippen molar-refractivity contribution in [3.05, 3.63) is 12.7 Å². The molecule has 7 heteroatoms. The normalized spacial score (nSPS) is 7.86. The number of ether oxygens (including phenoxy) is 1. The van der Waals surface area contributed by atoms with E-state index in [0.29, 0.717) is 0 Å². The molecule has 0 aliphatic carbocycles. The van der Waals surface area contributed by atoms with E-state index < -0.39 is 31.3 Å². The lowest BCUT2D eigenvalue weighted by Crippen LogP contribution is -2.14. The number of carbonyl (C=O) groups is 3. The molecule has 1 N–H and O–H groups in total. The second kappa shape index (κ2) is 9.30. The fourth-order valence-electron chi connectivity index (χ4n) is 0.182. The number of hydrogen-bond donors (Lipinski definition) is 1. The van der Waals surface area contributed by atoms with Crippen LogP contribution in [0, 0.1) is 0 Å². The molecule has 0 spiro atoms. The molecule has 0 aliphatic rings. The smallest absolute Gasteiger partial charge is 0.345 e. The number of carboxylic acids is 1. The highest BCUT2D eigenvalue weighted by Gasteiger charge is 2.07. The van der Waals surface area contributed by atoms with Crippen LogP contribution in [0.15, 0.2) is 12.7 Å². The molecule has 0 unspecified atom stereocenters. The third kappa shape index (κ3) is 12.8. The van der Waals surface area contributed by atoms with E-state index in [2.05, 4.69) is 11.3 Å². The third-order valence-corrected chi connectivity index (χ3v) is 0.621. The summed E-state index contributed by atoms with van der Waals surface area (Å²) in [4.78, 5) is 28.8. The molecule has 5 nitrogen and oxygen atoms in total. The summed E-state index contributed by atoms with van der Waals surface area (Å²) in [6.07, 6.45) is 0.833. The highest BCUT2D eigenvalue weighted by Crippen LogP contribution is 1.82. The summed E-state index contributed by atoms with van der Waals surface area (Å²) in [7, 11) is 0. The number of aliphatic carboxylic acids is 1. The Morgan fingerprint density at radius 1 is 1.21 bits per heavy atom. The molecule has 0 radical (unpaired) electrons. The minimum atomic E-state index is -1.41. The van der Waals surface area contributed by atoms with Crippen LogP contribution < -0.4 is 0 Å². The highest BCUT2D eigenvalue weighted by molar-refractivity contribution is 5.86. The van der Waals surface area contributed by atoms with Gasteiger partial charge in [-0.25, -0.2) is 23.2 Å². The van der Waals surface area contributed by atoms with Crippen LogP contribution in [-0.4, -0.2) is 36.4 Å². The number of hydrogen-bond acceptors (Lipinski definition) is 4. The Morgan fingerprint density at radius 2 is 1.50 bits per heavy atom. The lowest BCUT2D eigenvalue weighted by Gasteiger charge is -1.92. The van der Waals surface area contributed by atoms with Gasteiger partial charge in [-0.3, -0.25) is 0 Å². The zero-order chi connectivity index (χ0) is 11.6. The van der Waals surface area contributed by atoms with Crippen molar-refractivity contribution in [3.63, 3.8) is 0 Å². The van der Waals surface area contributed by atoms with Crippen molar-refractivity contribution < 1.29 is 33.0 Å². The molecule has 0 heterocycles. The molecular weight excluding hydrogens is 202 g/mol. The van der Waals surface area contributed by atoms with Crippen LogP contribution in [-0.2, 0) is 19.1 Å². The average molecular weight is 210 g/mol. The third-order valence-electron chi connectivity index (χ3n) is 0.621. The molecular formula is C7H8F2O5. The largest absolute Gasteiger partial charge is 0.478 e. The molecule has 80 valence electrons. The molecule has 0 rings (SSSR count). The Bertz CT molecular complexity index is 212. The fraction of sp³-hybridized carbons (Fsp3) is 0.286. The van der Waals surface area contributed by atoms with Crippen LogP contribution in [0.4, 0.5) is 8.78 Å². The van der Waals surface area contributed by atoms with Crippen molar-refractivity contribution in [3.8, 4) is 0 Å². The van der Waals surface area contributed by atoms with Crippen LogP contribution in [0.2, 0.25) is 0 Å². The molecule has 0 amide bonds. The Kier molecular flexibility index (Phi) is 9.78. The van der Waals surface area contributed by atoms with E-state index in [-0.39, 0.29) is 0 Å². The topological polar surface area (TPSA) is 80.7 Å². The lowest BCUT2D eigenvalue weighted by atomic mass is 10.7. The Labute approximate surface area is 78.0 Å². The first kappa shape index (κ1) is 14.7. The number of carbonyl (C=O) groups excluding carboxylic acids is 2. The van der Waals surface area contributed by atoms with Gasteiger partial charge in [-0.2, -0.15) is 0 Å². The first-order valence-corrected chi connectivity index (χ1v) is 3.18. The summed E-state index contributed by atoms with van der Waals surface area (Å²) >= 11 is 0. The van der Waals surface area contributed by atoms with E-state index in [0.717, 1.165) is 6.08 Å². The predicted octanol–water partition coefficient (Wildman–Crippen LogP) is 0.252. The van der Waals surface area contributed by atoms with Gasteiger partial charge in [0, 0.05) is 6.08 Å². The van der Waals surface area contributed by atoms with Crippen LogP contribution >= 0.6 is 0 Å². The Hall–Kier alpha value is -1.79. The zero-order valence-electron chi connectivity index (χ0n) is 7.03. The van der Waals surface area contributed by atoms with E-state index in [9.17, 15) is 23.2 Å². The van der Waals surface area contributed by atoms with E-state index in [1.807, 2.05) is 0 Å². The lowest BCUT2D eigenvalue weighted by molar-refractivity contribution is -0.160. The van der Waals surface area contributed by atoms with Gasteiger partial charge in [0.05, 0.1) is 0 Å². The van der Waals surface area contributed by atoms with Crippen molar-refractivity contribution in [2.45, 2.75) is 0 Å². The quantitative estimate of drug-likeness (QED) is 0.410. The van der Waals surface area contributed by atoms with Crippen molar-refractivity contribution >= 4 is 17.9 Å². The molecule has 0 aliphatic heterocycles. The van der Waals surface area contributed by atoms with E-state index in [4.69, 9.17) is 5.11 Å². The van der Waals surface area contributed by atoms with Crippen molar-refractivity contribution in [2.75, 3.05) is 13.3 Å². The molecule has 0 aromatic carbocycles. The second-order valence-electron chi connectivity index (χ2n) is 1.66. The van der Waals surface area contributed by atoms with Gasteiger partial charge in [-0.05, 0) is 0 Å². The summed E-state index contributed by atoms with van der Waals surface area (Å²) in [5.41, 5.74) is 0. The van der Waals surface area contributed by atoms with Gasteiger partial charge < -0.3 is 9.84 Å². The van der Waals surface area contributed by atoms with Crippen LogP contribution in [0.3, 0.4) is 0 Å². The number of halogens is 2. The van der Waals surface area contributed by atoms with Crippen LogP contribution in [0.25, 0.3) is 0 Å². The SMILES string of the molecule is C=CC(=O)O.O=C(CF)OC(=O)CF. The van der Waals surface area contributed by atoms with Crippen molar-refractivity contribution in [2.24, 2.45) is 0 Å². The molecule has 0 bridgehead atoms. The fourth-order valence-corrected chi connectivity index (χ4v) is 0.182. The maximum absolute atomic E-state index is 11.1. The van der Waals surface area contributed by atoms with Crippen LogP contribution in [0.1, 0.15) is 0 Å². The highest BCUT2D eigenvalue weighted by atomic mass is 19.1. The molecule has 0 saturated carbocycles. The Morgan fingerprint density at radius 3 is 1.64 bits per heavy atom. The van der Waals surface area contributed by atoms with E-state index in [1.165, 1.54) is 0 Å². The summed E-state index contributed by atoms with van der Waals surface area (Å²) in [5, 5.41) is 7.60. The summed E-state index contributed by atoms with van der Waals surface area (Å²) < 4.78 is 25.8. The second-order valence-corrected chi connectivity index (χ2v) is 1.66. The van der Waals surface area contributed by atoms with Crippen molar-refractivity contribution in [1.82, 2.24) is 0 Å². The van der Waals surface area contributed by atoms with Gasteiger partial charge in [-0.1, -0.05) is 6.58 Å². The summed E-state index contributed by atoms with van der Waals surface area (Å²) in [5.74, 6) is -3.71. The number of alkyl halides is 2. The van der Waals surface area contributed by atoms with Gasteiger partial charge in [0.25, 0.3) is 0 Å². The Balaban J connectivity index is 0. The van der Waals surface area contributed by atoms with Gasteiger partial charge in [0.2, 0.25) is 0 Å². The maximum atomic E-state index is 11.1. The molecule has 0 fully saturated rings. The maximum Gasteiger partial charge on any atom is 0.345 e. The van der Waals surface area contributed by atoms with Crippen LogP contribution in [0.5, 0.6) is 0 Å². The zero-order valence-corrected chi connectivity index (χ0v) is 7.03. The molecule has 0 aromatic rings. The first-order chi connectivity index (χ1) is 6.47. The van der Waals surface area contributed by atoms with Crippen molar-refractivity contribution in [1.29, 1.82) is 0 Å². The number of esters is 2. The molecule has 0 aromatic heterocycles. The van der Waals surface area contributed by atoms with E-state index >= 15 is 0 Å². The van der Waals surface area contributed by atoms with Gasteiger partial charge in [0.15, 0.2) is 13.3 Å². The van der Waals surface area contributed by atoms with Gasteiger partial charge in [-0.15, -0.1) is 0 Å². The molecule has 0 atom stereocenters. The van der Waals surface area contributed by atoms with E-state index in [1.54, 1.807) is 0 Å². The standard InChI is InChI=1S/C4H4F2O3.C3H4O2/c5-1-3(7)9-4(8)2-6;1-2-3(4)5/h1-2H2;2H,1H2,(H,4,5). The first-order valence-electron chi connectivity index (χ1n) is 3.18. The summed E-state index contributed by atoms with van der Waals surface area (Å²) in [6, 6.07) is 0. The minimum Gasteiger partial charge on any atom is -0.478 e. The average Bonchev–Trinajstić information content (AvgIpc) is 2.18. The van der Waals surface area contributed by atoms with Gasteiger partial charge in [0.1, 0.15) is 0 Å². The summed E-state index contributed by atoms with van der Waals surface area (Å²) in [6.45, 7) is 0.139. The number of carboxylic acid groups (broad SMARTS) is 1. The predicted molar refractivity (Wildman–Crippen MR) is 40.9 cm³/mol. The van der Waals surface area contributed by atoms with Gasteiger partial charge >= 0.3 is 17.9 Å². The minimum absolute atomic E-state index is 0.833. The molecule has 0 saturated heterocycles. The molecule has 14 heavy (non-hydrogen) atoms.